The van der Waals surface area contributed by atoms with E-state index in [0.717, 1.165) is 28.3 Å². The fourth-order valence-electron chi connectivity index (χ4n) is 4.64. The Labute approximate surface area is 220 Å². The van der Waals surface area contributed by atoms with Crippen molar-refractivity contribution in [1.82, 2.24) is 10.3 Å². The SMILES string of the molecule is CCOc1cc(C(=O)NC2CCC(O)CC2)ccc1Nc1cc2c(cn1)N(C)C(=O)c1ccccc1S2. The molecule has 1 aromatic heterocycles. The Morgan fingerprint density at radius 1 is 1.14 bits per heavy atom. The molecule has 2 amide bonds. The number of fused-ring (bicyclic) bond motifs is 2. The molecule has 1 aliphatic carbocycles. The lowest BCUT2D eigenvalue weighted by molar-refractivity contribution is 0.0867. The van der Waals surface area contributed by atoms with Crippen molar-refractivity contribution in [1.29, 1.82) is 0 Å². The Morgan fingerprint density at radius 3 is 2.70 bits per heavy atom. The van der Waals surface area contributed by atoms with Crippen molar-refractivity contribution in [3.8, 4) is 5.75 Å². The van der Waals surface area contributed by atoms with Crippen molar-refractivity contribution in [2.75, 3.05) is 23.9 Å². The lowest BCUT2D eigenvalue weighted by atomic mass is 9.93. The lowest BCUT2D eigenvalue weighted by Crippen LogP contribution is -2.38. The van der Waals surface area contributed by atoms with Crippen LogP contribution in [-0.2, 0) is 0 Å². The number of nitrogens with zero attached hydrogens (tertiary/aromatic N) is 2. The third-order valence-electron chi connectivity index (χ3n) is 6.69. The first-order chi connectivity index (χ1) is 17.9. The summed E-state index contributed by atoms with van der Waals surface area (Å²) in [5, 5.41) is 16.1. The van der Waals surface area contributed by atoms with Gasteiger partial charge >= 0.3 is 0 Å². The van der Waals surface area contributed by atoms with Crippen LogP contribution in [0.2, 0.25) is 0 Å². The largest absolute Gasteiger partial charge is 0.492 e. The van der Waals surface area contributed by atoms with Gasteiger partial charge in [0.1, 0.15) is 11.6 Å². The van der Waals surface area contributed by atoms with E-state index in [9.17, 15) is 14.7 Å². The first-order valence-electron chi connectivity index (χ1n) is 12.5. The van der Waals surface area contributed by atoms with Gasteiger partial charge in [-0.3, -0.25) is 9.59 Å². The fourth-order valence-corrected chi connectivity index (χ4v) is 5.75. The highest BCUT2D eigenvalue weighted by molar-refractivity contribution is 7.99. The van der Waals surface area contributed by atoms with Crippen LogP contribution in [0.4, 0.5) is 17.2 Å². The highest BCUT2D eigenvalue weighted by atomic mass is 32.2. The van der Waals surface area contributed by atoms with E-state index in [1.165, 1.54) is 11.8 Å². The number of amides is 2. The van der Waals surface area contributed by atoms with Crippen molar-refractivity contribution >= 4 is 40.8 Å². The van der Waals surface area contributed by atoms with Crippen LogP contribution in [0.5, 0.6) is 5.75 Å². The minimum absolute atomic E-state index is 0.0683. The van der Waals surface area contributed by atoms with Gasteiger partial charge < -0.3 is 25.4 Å². The van der Waals surface area contributed by atoms with E-state index in [2.05, 4.69) is 15.6 Å². The van der Waals surface area contributed by atoms with Crippen molar-refractivity contribution in [3.63, 3.8) is 0 Å². The number of hydrogen-bond acceptors (Lipinski definition) is 7. The maximum Gasteiger partial charge on any atom is 0.259 e. The van der Waals surface area contributed by atoms with Crippen LogP contribution in [0, 0.1) is 0 Å². The van der Waals surface area contributed by atoms with Crippen molar-refractivity contribution in [2.24, 2.45) is 0 Å². The molecule has 0 unspecified atom stereocenters. The zero-order valence-electron chi connectivity index (χ0n) is 20.9. The molecule has 0 bridgehead atoms. The summed E-state index contributed by atoms with van der Waals surface area (Å²) in [7, 11) is 1.75. The minimum atomic E-state index is -0.265. The number of aliphatic hydroxyl groups is 1. The van der Waals surface area contributed by atoms with Gasteiger partial charge in [0.25, 0.3) is 11.8 Å². The number of carbonyl (C=O) groups excluding carboxylic acids is 2. The van der Waals surface area contributed by atoms with Crippen LogP contribution in [0.3, 0.4) is 0 Å². The number of aliphatic hydroxyl groups excluding tert-OH is 1. The highest BCUT2D eigenvalue weighted by Crippen LogP contribution is 2.42. The molecule has 37 heavy (non-hydrogen) atoms. The average molecular weight is 519 g/mol. The molecular weight excluding hydrogens is 488 g/mol. The predicted molar refractivity (Wildman–Crippen MR) is 144 cm³/mol. The molecular formula is C28H30N4O4S. The molecule has 0 spiro atoms. The second kappa shape index (κ2) is 10.8. The number of ether oxygens (including phenoxy) is 1. The molecule has 3 N–H and O–H groups in total. The Balaban J connectivity index is 1.37. The molecule has 0 atom stereocenters. The molecule has 0 saturated heterocycles. The van der Waals surface area contributed by atoms with E-state index in [1.54, 1.807) is 30.3 Å². The molecule has 2 aromatic carbocycles. The Bertz CT molecular complexity index is 1320. The van der Waals surface area contributed by atoms with Gasteiger partial charge in [0, 0.05) is 28.4 Å². The number of benzene rings is 2. The van der Waals surface area contributed by atoms with Crippen LogP contribution in [0.1, 0.15) is 53.3 Å². The summed E-state index contributed by atoms with van der Waals surface area (Å²) in [5.41, 5.74) is 2.61. The van der Waals surface area contributed by atoms with Crippen molar-refractivity contribution < 1.29 is 19.4 Å². The van der Waals surface area contributed by atoms with Gasteiger partial charge in [0.15, 0.2) is 0 Å². The Kier molecular flexibility index (Phi) is 7.34. The summed E-state index contributed by atoms with van der Waals surface area (Å²) in [6.45, 7) is 2.34. The molecule has 1 saturated carbocycles. The van der Waals surface area contributed by atoms with Gasteiger partial charge in [-0.2, -0.15) is 0 Å². The normalized spacial score (nSPS) is 18.9. The summed E-state index contributed by atoms with van der Waals surface area (Å²) in [5.74, 6) is 0.933. The maximum atomic E-state index is 12.9. The minimum Gasteiger partial charge on any atom is -0.492 e. The van der Waals surface area contributed by atoms with E-state index in [4.69, 9.17) is 4.74 Å². The second-order valence-electron chi connectivity index (χ2n) is 9.25. The maximum absolute atomic E-state index is 12.9. The van der Waals surface area contributed by atoms with E-state index < -0.39 is 0 Å². The van der Waals surface area contributed by atoms with Crippen LogP contribution in [0.15, 0.2) is 64.5 Å². The number of anilines is 3. The molecule has 9 heteroatoms. The third kappa shape index (κ3) is 5.42. The first-order valence-corrected chi connectivity index (χ1v) is 13.3. The fraction of sp³-hybridized carbons (Fsp3) is 0.321. The number of carbonyl (C=O) groups is 2. The molecule has 8 nitrogen and oxygen atoms in total. The smallest absolute Gasteiger partial charge is 0.259 e. The van der Waals surface area contributed by atoms with Gasteiger partial charge in [0.2, 0.25) is 0 Å². The average Bonchev–Trinajstić information content (AvgIpc) is 3.00. The van der Waals surface area contributed by atoms with Crippen LogP contribution >= 0.6 is 11.8 Å². The molecule has 192 valence electrons. The van der Waals surface area contributed by atoms with E-state index in [-0.39, 0.29) is 24.0 Å². The number of nitrogens with one attached hydrogen (secondary N) is 2. The van der Waals surface area contributed by atoms with Gasteiger partial charge in [-0.15, -0.1) is 0 Å². The van der Waals surface area contributed by atoms with Crippen LogP contribution < -0.4 is 20.3 Å². The molecule has 0 radical (unpaired) electrons. The number of hydrogen-bond donors (Lipinski definition) is 3. The molecule has 1 fully saturated rings. The molecule has 5 rings (SSSR count). The third-order valence-corrected chi connectivity index (χ3v) is 7.81. The van der Waals surface area contributed by atoms with E-state index in [0.29, 0.717) is 47.8 Å². The second-order valence-corrected chi connectivity index (χ2v) is 10.3. The predicted octanol–water partition coefficient (Wildman–Crippen LogP) is 5.00. The van der Waals surface area contributed by atoms with Gasteiger partial charge in [-0.25, -0.2) is 4.98 Å². The van der Waals surface area contributed by atoms with E-state index >= 15 is 0 Å². The number of aromatic nitrogens is 1. The van der Waals surface area contributed by atoms with Gasteiger partial charge in [-0.05, 0) is 69.0 Å². The number of rotatable bonds is 6. The first kappa shape index (κ1) is 25.1. The zero-order valence-corrected chi connectivity index (χ0v) is 21.7. The van der Waals surface area contributed by atoms with Gasteiger partial charge in [-0.1, -0.05) is 23.9 Å². The molecule has 1 aliphatic heterocycles. The van der Waals surface area contributed by atoms with Crippen molar-refractivity contribution in [3.05, 3.63) is 65.9 Å². The topological polar surface area (TPSA) is 104 Å². The standard InChI is InChI=1S/C28H30N4O4S/c1-3-36-23-14-17(27(34)30-18-9-11-19(33)12-10-18)8-13-21(23)31-26-15-25-22(16-29-26)32(2)28(35)20-6-4-5-7-24(20)37-25/h4-8,13-16,18-19,33H,3,9-12H2,1-2H3,(H,29,31)(H,30,34). The molecule has 2 heterocycles. The van der Waals surface area contributed by atoms with Crippen molar-refractivity contribution in [2.45, 2.75) is 54.5 Å². The Hall–Kier alpha value is -3.56. The van der Waals surface area contributed by atoms with E-state index in [1.807, 2.05) is 43.3 Å². The number of pyridine rings is 1. The highest BCUT2D eigenvalue weighted by Gasteiger charge is 2.26. The summed E-state index contributed by atoms with van der Waals surface area (Å²) in [4.78, 5) is 33.8. The molecule has 2 aliphatic rings. The molecule has 3 aromatic rings. The summed E-state index contributed by atoms with van der Waals surface area (Å²) in [6.07, 6.45) is 4.39. The quantitative estimate of drug-likeness (QED) is 0.422. The van der Waals surface area contributed by atoms with Crippen LogP contribution in [-0.4, -0.2) is 47.7 Å². The van der Waals surface area contributed by atoms with Gasteiger partial charge in [0.05, 0.1) is 35.8 Å². The summed E-state index contributed by atoms with van der Waals surface area (Å²) >= 11 is 1.53. The summed E-state index contributed by atoms with van der Waals surface area (Å²) in [6, 6.07) is 14.9. The summed E-state index contributed by atoms with van der Waals surface area (Å²) < 4.78 is 5.85. The van der Waals surface area contributed by atoms with Crippen LogP contribution in [0.25, 0.3) is 0 Å². The lowest BCUT2D eigenvalue weighted by Gasteiger charge is -2.26. The Morgan fingerprint density at radius 2 is 1.92 bits per heavy atom. The monoisotopic (exact) mass is 518 g/mol. The zero-order chi connectivity index (χ0) is 25.9.